The van der Waals surface area contributed by atoms with E-state index >= 15 is 0 Å². The van der Waals surface area contributed by atoms with Crippen LogP contribution in [0, 0.1) is 5.92 Å². The van der Waals surface area contributed by atoms with E-state index in [2.05, 4.69) is 20.5 Å². The number of nitrogens with one attached hydrogen (secondary N) is 2. The van der Waals surface area contributed by atoms with Gasteiger partial charge in [0.05, 0.1) is 7.11 Å². The third-order valence-corrected chi connectivity index (χ3v) is 3.33. The Morgan fingerprint density at radius 3 is 2.84 bits per heavy atom. The van der Waals surface area contributed by atoms with Crippen molar-refractivity contribution in [2.45, 2.75) is 12.3 Å². The zero-order valence-corrected chi connectivity index (χ0v) is 10.5. The van der Waals surface area contributed by atoms with Gasteiger partial charge >= 0.3 is 0 Å². The number of aromatic nitrogens is 3. The molecule has 1 aliphatic carbocycles. The van der Waals surface area contributed by atoms with E-state index in [0.29, 0.717) is 5.95 Å². The highest BCUT2D eigenvalue weighted by atomic mass is 16.5. The zero-order chi connectivity index (χ0) is 13.2. The Hall–Kier alpha value is -2.37. The molecule has 2 atom stereocenters. The van der Waals surface area contributed by atoms with E-state index in [0.717, 1.165) is 12.2 Å². The lowest BCUT2D eigenvalue weighted by Gasteiger charge is -2.03. The third kappa shape index (κ3) is 2.42. The van der Waals surface area contributed by atoms with Crippen molar-refractivity contribution in [1.29, 1.82) is 0 Å². The predicted octanol–water partition coefficient (Wildman–Crippen LogP) is 1.56. The Balaban J connectivity index is 1.62. The lowest BCUT2D eigenvalue weighted by molar-refractivity contribution is -0.117. The van der Waals surface area contributed by atoms with Crippen LogP contribution in [0.15, 0.2) is 30.6 Å². The van der Waals surface area contributed by atoms with Crippen LogP contribution in [0.4, 0.5) is 5.95 Å². The summed E-state index contributed by atoms with van der Waals surface area (Å²) >= 11 is 0. The molecule has 19 heavy (non-hydrogen) atoms. The molecule has 1 aliphatic rings. The number of hydrogen-bond donors (Lipinski definition) is 2. The second-order valence-electron chi connectivity index (χ2n) is 4.55. The number of H-pyrrole nitrogens is 1. The van der Waals surface area contributed by atoms with Gasteiger partial charge in [-0.15, -0.1) is 0 Å². The Bertz CT molecular complexity index is 565. The van der Waals surface area contributed by atoms with Crippen LogP contribution in [0.1, 0.15) is 17.9 Å². The van der Waals surface area contributed by atoms with E-state index in [4.69, 9.17) is 4.74 Å². The summed E-state index contributed by atoms with van der Waals surface area (Å²) in [5.41, 5.74) is 1.17. The van der Waals surface area contributed by atoms with Gasteiger partial charge in [0.15, 0.2) is 0 Å². The van der Waals surface area contributed by atoms with E-state index in [9.17, 15) is 4.79 Å². The van der Waals surface area contributed by atoms with E-state index in [-0.39, 0.29) is 17.7 Å². The van der Waals surface area contributed by atoms with Crippen LogP contribution in [0.2, 0.25) is 0 Å². The van der Waals surface area contributed by atoms with Crippen molar-refractivity contribution < 1.29 is 9.53 Å². The first-order chi connectivity index (χ1) is 9.28. The first kappa shape index (κ1) is 11.7. The molecule has 98 valence electrons. The molecule has 0 aliphatic heterocycles. The van der Waals surface area contributed by atoms with Gasteiger partial charge in [0.2, 0.25) is 11.9 Å². The van der Waals surface area contributed by atoms with Gasteiger partial charge in [0.1, 0.15) is 12.1 Å². The Morgan fingerprint density at radius 1 is 1.42 bits per heavy atom. The van der Waals surface area contributed by atoms with Gasteiger partial charge in [-0.1, -0.05) is 12.1 Å². The minimum Gasteiger partial charge on any atom is -0.497 e. The molecule has 0 radical (unpaired) electrons. The van der Waals surface area contributed by atoms with Crippen molar-refractivity contribution in [1.82, 2.24) is 15.2 Å². The number of rotatable bonds is 4. The van der Waals surface area contributed by atoms with Crippen LogP contribution in [0.3, 0.4) is 0 Å². The molecule has 3 rings (SSSR count). The number of anilines is 1. The Kier molecular flexibility index (Phi) is 2.91. The van der Waals surface area contributed by atoms with Crippen LogP contribution < -0.4 is 10.1 Å². The summed E-state index contributed by atoms with van der Waals surface area (Å²) in [6, 6.07) is 7.84. The van der Waals surface area contributed by atoms with Crippen molar-refractivity contribution in [3.63, 3.8) is 0 Å². The second kappa shape index (κ2) is 4.72. The topological polar surface area (TPSA) is 79.9 Å². The molecule has 2 unspecified atom stereocenters. The summed E-state index contributed by atoms with van der Waals surface area (Å²) in [4.78, 5) is 15.8. The number of aromatic amines is 1. The molecule has 6 nitrogen and oxygen atoms in total. The van der Waals surface area contributed by atoms with E-state index in [1.165, 1.54) is 11.9 Å². The molecule has 0 spiro atoms. The molecule has 1 heterocycles. The average Bonchev–Trinajstić information content (AvgIpc) is 3.09. The van der Waals surface area contributed by atoms with Gasteiger partial charge in [0, 0.05) is 5.92 Å². The first-order valence-electron chi connectivity index (χ1n) is 6.08. The highest BCUT2D eigenvalue weighted by Gasteiger charge is 2.44. The molecule has 1 aromatic carbocycles. The normalized spacial score (nSPS) is 20.9. The zero-order valence-electron chi connectivity index (χ0n) is 10.5. The fourth-order valence-corrected chi connectivity index (χ4v) is 2.18. The molecule has 0 bridgehead atoms. The van der Waals surface area contributed by atoms with Gasteiger partial charge in [-0.3, -0.25) is 10.1 Å². The summed E-state index contributed by atoms with van der Waals surface area (Å²) in [5.74, 6) is 1.50. The maximum atomic E-state index is 12.0. The van der Waals surface area contributed by atoms with Crippen molar-refractivity contribution >= 4 is 11.9 Å². The molecule has 1 saturated carbocycles. The Morgan fingerprint density at radius 2 is 2.21 bits per heavy atom. The SMILES string of the molecule is COc1ccc(C2CC2C(=O)Nc2ncn[nH]2)cc1. The molecule has 2 N–H and O–H groups in total. The predicted molar refractivity (Wildman–Crippen MR) is 68.9 cm³/mol. The fourth-order valence-electron chi connectivity index (χ4n) is 2.18. The maximum absolute atomic E-state index is 12.0. The molecular formula is C13H14N4O2. The van der Waals surface area contributed by atoms with Crippen LogP contribution >= 0.6 is 0 Å². The maximum Gasteiger partial charge on any atom is 0.230 e. The fraction of sp³-hybridized carbons (Fsp3) is 0.308. The average molecular weight is 258 g/mol. The minimum absolute atomic E-state index is 0.0125. The summed E-state index contributed by atoms with van der Waals surface area (Å²) in [7, 11) is 1.64. The molecule has 1 aromatic heterocycles. The molecule has 6 heteroatoms. The number of benzene rings is 1. The number of amides is 1. The second-order valence-corrected chi connectivity index (χ2v) is 4.55. The lowest BCUT2D eigenvalue weighted by Crippen LogP contribution is -2.15. The minimum atomic E-state index is -0.0161. The summed E-state index contributed by atoms with van der Waals surface area (Å²) < 4.78 is 5.12. The lowest BCUT2D eigenvalue weighted by atomic mass is 10.1. The van der Waals surface area contributed by atoms with Crippen molar-refractivity contribution in [2.24, 2.45) is 5.92 Å². The van der Waals surface area contributed by atoms with Gasteiger partial charge in [-0.2, -0.15) is 10.1 Å². The summed E-state index contributed by atoms with van der Waals surface area (Å²) in [6.07, 6.45) is 2.23. The smallest absolute Gasteiger partial charge is 0.230 e. The quantitative estimate of drug-likeness (QED) is 0.872. The van der Waals surface area contributed by atoms with Gasteiger partial charge in [-0.05, 0) is 30.0 Å². The van der Waals surface area contributed by atoms with Crippen LogP contribution in [0.5, 0.6) is 5.75 Å². The monoisotopic (exact) mass is 258 g/mol. The summed E-state index contributed by atoms with van der Waals surface area (Å²) in [6.45, 7) is 0. The highest BCUT2D eigenvalue weighted by Crippen LogP contribution is 2.48. The van der Waals surface area contributed by atoms with Crippen LogP contribution in [-0.4, -0.2) is 28.2 Å². The number of ether oxygens (including phenoxy) is 1. The van der Waals surface area contributed by atoms with Crippen LogP contribution in [0.25, 0.3) is 0 Å². The number of hydrogen-bond acceptors (Lipinski definition) is 4. The van der Waals surface area contributed by atoms with E-state index in [1.807, 2.05) is 24.3 Å². The van der Waals surface area contributed by atoms with E-state index < -0.39 is 0 Å². The molecular weight excluding hydrogens is 244 g/mol. The number of carbonyl (C=O) groups excluding carboxylic acids is 1. The van der Waals surface area contributed by atoms with Crippen molar-refractivity contribution in [2.75, 3.05) is 12.4 Å². The highest BCUT2D eigenvalue weighted by molar-refractivity contribution is 5.93. The Labute approximate surface area is 110 Å². The molecule has 2 aromatic rings. The standard InChI is InChI=1S/C13H14N4O2/c1-19-9-4-2-8(3-5-9)10-6-11(10)12(18)16-13-14-7-15-17-13/h2-5,7,10-11H,6H2,1H3,(H2,14,15,16,17,18). The number of methoxy groups -OCH3 is 1. The molecule has 1 amide bonds. The van der Waals surface area contributed by atoms with Crippen molar-refractivity contribution in [3.05, 3.63) is 36.2 Å². The van der Waals surface area contributed by atoms with Gasteiger partial charge < -0.3 is 4.74 Å². The molecule has 0 saturated heterocycles. The van der Waals surface area contributed by atoms with Crippen molar-refractivity contribution in [3.8, 4) is 5.75 Å². The summed E-state index contributed by atoms with van der Waals surface area (Å²) in [5, 5.41) is 9.01. The number of carbonyl (C=O) groups is 1. The van der Waals surface area contributed by atoms with Gasteiger partial charge in [0.25, 0.3) is 0 Å². The largest absolute Gasteiger partial charge is 0.497 e. The van der Waals surface area contributed by atoms with Gasteiger partial charge in [-0.25, -0.2) is 5.10 Å². The van der Waals surface area contributed by atoms with Crippen LogP contribution in [-0.2, 0) is 4.79 Å². The molecule has 1 fully saturated rings. The van der Waals surface area contributed by atoms with E-state index in [1.54, 1.807) is 7.11 Å². The first-order valence-corrected chi connectivity index (χ1v) is 6.08. The third-order valence-electron chi connectivity index (χ3n) is 3.33. The number of nitrogens with zero attached hydrogens (tertiary/aromatic N) is 2.